The summed E-state index contributed by atoms with van der Waals surface area (Å²) >= 11 is 0. The van der Waals surface area contributed by atoms with Gasteiger partial charge in [0.2, 0.25) is 11.7 Å². The van der Waals surface area contributed by atoms with Crippen molar-refractivity contribution in [1.29, 1.82) is 0 Å². The van der Waals surface area contributed by atoms with E-state index in [2.05, 4.69) is 15.6 Å². The van der Waals surface area contributed by atoms with Crippen molar-refractivity contribution in [2.45, 2.75) is 91.5 Å². The number of rotatable bonds is 13. The molecule has 4 rings (SSSR count). The van der Waals surface area contributed by atoms with Gasteiger partial charge >= 0.3 is 11.9 Å². The van der Waals surface area contributed by atoms with Crippen LogP contribution < -0.4 is 10.6 Å². The zero-order chi connectivity index (χ0) is 32.2. The average molecular weight is 608 g/mol. The number of aliphatic carboxylic acids is 1. The molecular weight excluding hydrogens is 566 g/mol. The number of hydrogen-bond donors (Lipinski definition) is 3. The number of aromatic nitrogens is 3. The van der Waals surface area contributed by atoms with E-state index in [9.17, 15) is 24.3 Å². The summed E-state index contributed by atoms with van der Waals surface area (Å²) in [5, 5.41) is 19.6. The third-order valence-electron chi connectivity index (χ3n) is 7.23. The maximum Gasteiger partial charge on any atom is 0.326 e. The minimum absolute atomic E-state index is 0.0436. The molecule has 236 valence electrons. The number of benzene rings is 1. The van der Waals surface area contributed by atoms with Crippen molar-refractivity contribution in [2.75, 3.05) is 0 Å². The van der Waals surface area contributed by atoms with E-state index in [-0.39, 0.29) is 41.9 Å². The summed E-state index contributed by atoms with van der Waals surface area (Å²) in [5.41, 5.74) is 1.60. The summed E-state index contributed by atoms with van der Waals surface area (Å²) in [6, 6.07) is 7.84. The van der Waals surface area contributed by atoms with Gasteiger partial charge in [0.25, 0.3) is 11.8 Å². The van der Waals surface area contributed by atoms with E-state index >= 15 is 0 Å². The predicted molar refractivity (Wildman–Crippen MR) is 162 cm³/mol. The number of ether oxygens (including phenoxy) is 1. The third-order valence-corrected chi connectivity index (χ3v) is 7.23. The van der Waals surface area contributed by atoms with Crippen LogP contribution in [-0.4, -0.2) is 61.3 Å². The Bertz CT molecular complexity index is 1510. The molecule has 1 aliphatic carbocycles. The molecule has 44 heavy (non-hydrogen) atoms. The maximum absolute atomic E-state index is 13.3. The Hall–Kier alpha value is -4.48. The first-order chi connectivity index (χ1) is 20.7. The molecule has 0 saturated heterocycles. The second kappa shape index (κ2) is 13.4. The smallest absolute Gasteiger partial charge is 0.326 e. The number of nitrogens with zero attached hydrogens (tertiary/aromatic N) is 3. The Balaban J connectivity index is 1.54. The highest BCUT2D eigenvalue weighted by molar-refractivity contribution is 5.95. The number of amides is 2. The van der Waals surface area contributed by atoms with Crippen LogP contribution in [-0.2, 0) is 20.9 Å². The normalized spacial score (nSPS) is 14.6. The Labute approximate surface area is 256 Å². The lowest BCUT2D eigenvalue weighted by Crippen LogP contribution is -2.44. The van der Waals surface area contributed by atoms with E-state index in [1.165, 1.54) is 6.20 Å². The molecule has 12 heteroatoms. The molecule has 0 aliphatic heterocycles. The Morgan fingerprint density at radius 2 is 1.77 bits per heavy atom. The molecule has 1 saturated carbocycles. The van der Waals surface area contributed by atoms with Crippen molar-refractivity contribution in [3.05, 3.63) is 48.0 Å². The maximum atomic E-state index is 13.3. The van der Waals surface area contributed by atoms with Crippen molar-refractivity contribution >= 4 is 23.8 Å². The summed E-state index contributed by atoms with van der Waals surface area (Å²) in [7, 11) is 0. The fourth-order valence-corrected chi connectivity index (χ4v) is 4.72. The van der Waals surface area contributed by atoms with E-state index in [4.69, 9.17) is 14.3 Å². The molecule has 3 N–H and O–H groups in total. The first-order valence-electron chi connectivity index (χ1n) is 14.9. The van der Waals surface area contributed by atoms with Crippen LogP contribution in [0.25, 0.3) is 22.7 Å². The number of carbonyl (C=O) groups excluding carboxylic acids is 3. The zero-order valence-corrected chi connectivity index (χ0v) is 26.0. The van der Waals surface area contributed by atoms with E-state index in [1.54, 1.807) is 42.8 Å². The van der Waals surface area contributed by atoms with Crippen LogP contribution in [0.2, 0.25) is 0 Å². The Morgan fingerprint density at radius 3 is 2.41 bits per heavy atom. The van der Waals surface area contributed by atoms with Crippen LogP contribution in [0.1, 0.15) is 88.3 Å². The molecular formula is C32H41N5O7. The molecule has 3 aromatic rings. The summed E-state index contributed by atoms with van der Waals surface area (Å²) < 4.78 is 12.7. The molecule has 2 amide bonds. The first-order valence-corrected chi connectivity index (χ1v) is 14.9. The van der Waals surface area contributed by atoms with Crippen LogP contribution in [0.3, 0.4) is 0 Å². The van der Waals surface area contributed by atoms with E-state index in [1.807, 2.05) is 33.8 Å². The fraction of sp³-hybridized carbons (Fsp3) is 0.500. The van der Waals surface area contributed by atoms with Gasteiger partial charge in [0.1, 0.15) is 17.3 Å². The van der Waals surface area contributed by atoms with Gasteiger partial charge in [-0.15, -0.1) is 0 Å². The van der Waals surface area contributed by atoms with Gasteiger partial charge in [0, 0.05) is 30.1 Å². The first kappa shape index (κ1) is 32.4. The van der Waals surface area contributed by atoms with Crippen LogP contribution in [0, 0.1) is 11.8 Å². The fourth-order valence-electron chi connectivity index (χ4n) is 4.72. The summed E-state index contributed by atoms with van der Waals surface area (Å²) in [5.74, 6) is -2.16. The molecule has 2 heterocycles. The molecule has 0 spiro atoms. The molecule has 0 unspecified atom stereocenters. The largest absolute Gasteiger partial charge is 0.480 e. The summed E-state index contributed by atoms with van der Waals surface area (Å²) in [6.45, 7) is 11.2. The van der Waals surface area contributed by atoms with Gasteiger partial charge in [0.05, 0.1) is 11.9 Å². The highest BCUT2D eigenvalue weighted by atomic mass is 16.6. The van der Waals surface area contributed by atoms with Crippen molar-refractivity contribution in [2.24, 2.45) is 11.8 Å². The monoisotopic (exact) mass is 607 g/mol. The van der Waals surface area contributed by atoms with Gasteiger partial charge in [-0.1, -0.05) is 26.0 Å². The van der Waals surface area contributed by atoms with Crippen molar-refractivity contribution < 1.29 is 33.4 Å². The van der Waals surface area contributed by atoms with Crippen molar-refractivity contribution in [3.63, 3.8) is 0 Å². The molecule has 2 aromatic heterocycles. The van der Waals surface area contributed by atoms with Gasteiger partial charge in [-0.05, 0) is 77.0 Å². The topological polar surface area (TPSA) is 166 Å². The lowest BCUT2D eigenvalue weighted by Gasteiger charge is -2.19. The number of carboxylic acid groups (broad SMARTS) is 1. The molecule has 0 radical (unpaired) electrons. The SMILES string of the molecule is CC(C)[C@H](NC(=O)c1cnc(-c2cccc(-c3cc(C(=O)N[C@@H](C)C4CC4)n(CCCC(=O)OC(C)(C)C)n3)c2)o1)C(=O)O. The van der Waals surface area contributed by atoms with Crippen LogP contribution in [0.4, 0.5) is 0 Å². The molecule has 1 aliphatic rings. The summed E-state index contributed by atoms with van der Waals surface area (Å²) in [6.07, 6.45) is 4.06. The molecule has 0 bridgehead atoms. The minimum Gasteiger partial charge on any atom is -0.480 e. The summed E-state index contributed by atoms with van der Waals surface area (Å²) in [4.78, 5) is 53.9. The number of carboxylic acids is 1. The van der Waals surface area contributed by atoms with Crippen molar-refractivity contribution in [3.8, 4) is 22.7 Å². The average Bonchev–Trinajstić information content (AvgIpc) is 3.52. The van der Waals surface area contributed by atoms with Crippen LogP contribution in [0.15, 0.2) is 40.9 Å². The van der Waals surface area contributed by atoms with Gasteiger partial charge < -0.3 is 24.9 Å². The number of nitrogens with one attached hydrogen (secondary N) is 2. The van der Waals surface area contributed by atoms with Gasteiger partial charge in [-0.3, -0.25) is 19.1 Å². The number of oxazole rings is 1. The van der Waals surface area contributed by atoms with Gasteiger partial charge in [-0.25, -0.2) is 9.78 Å². The third kappa shape index (κ3) is 8.55. The quantitative estimate of drug-likeness (QED) is 0.234. The van der Waals surface area contributed by atoms with E-state index in [0.29, 0.717) is 41.4 Å². The predicted octanol–water partition coefficient (Wildman–Crippen LogP) is 4.69. The Morgan fingerprint density at radius 1 is 1.07 bits per heavy atom. The molecule has 1 fully saturated rings. The number of aryl methyl sites for hydroxylation is 1. The standard InChI is InChI=1S/C32H41N5O7/c1-18(2)27(31(41)42)35-29(40)25-17-33-30(43-25)22-10-7-9-21(15-22)23-16-24(28(39)34-19(3)20-12-13-20)37(36-23)14-8-11-26(38)44-32(4,5)6/h7,9-10,15-20,27H,8,11-14H2,1-6H3,(H,34,39)(H,35,40)(H,41,42)/t19-,27-/m0/s1. The lowest BCUT2D eigenvalue weighted by atomic mass is 10.0. The van der Waals surface area contributed by atoms with Gasteiger partial charge in [0.15, 0.2) is 0 Å². The molecule has 2 atom stereocenters. The van der Waals surface area contributed by atoms with Gasteiger partial charge in [-0.2, -0.15) is 5.10 Å². The van der Waals surface area contributed by atoms with Crippen LogP contribution >= 0.6 is 0 Å². The minimum atomic E-state index is -1.14. The second-order valence-corrected chi connectivity index (χ2v) is 12.6. The van der Waals surface area contributed by atoms with E-state index < -0.39 is 23.5 Å². The molecule has 1 aromatic carbocycles. The Kier molecular flexibility index (Phi) is 9.91. The molecule has 12 nitrogen and oxygen atoms in total. The number of hydrogen-bond acceptors (Lipinski definition) is 8. The number of esters is 1. The zero-order valence-electron chi connectivity index (χ0n) is 26.0. The highest BCUT2D eigenvalue weighted by Gasteiger charge is 2.30. The van der Waals surface area contributed by atoms with Crippen LogP contribution in [0.5, 0.6) is 0 Å². The van der Waals surface area contributed by atoms with E-state index in [0.717, 1.165) is 12.8 Å². The van der Waals surface area contributed by atoms with Crippen molar-refractivity contribution in [1.82, 2.24) is 25.4 Å². The lowest BCUT2D eigenvalue weighted by molar-refractivity contribution is -0.155. The second-order valence-electron chi connectivity index (χ2n) is 12.6. The highest BCUT2D eigenvalue weighted by Crippen LogP contribution is 2.32. The number of carbonyl (C=O) groups is 4.